The second-order valence-corrected chi connectivity index (χ2v) is 7.10. The zero-order valence-electron chi connectivity index (χ0n) is 13.1. The number of hydrogen-bond donors (Lipinski definition) is 1. The van der Waals surface area contributed by atoms with Crippen molar-refractivity contribution in [1.82, 2.24) is 10.2 Å². The molecule has 2 aromatic carbocycles. The molecule has 10 heteroatoms. The lowest BCUT2D eigenvalue weighted by Gasteiger charge is -2.06. The molecule has 134 valence electrons. The van der Waals surface area contributed by atoms with E-state index < -0.39 is 16.0 Å². The van der Waals surface area contributed by atoms with Crippen molar-refractivity contribution in [2.45, 2.75) is 11.5 Å². The van der Waals surface area contributed by atoms with E-state index in [1.54, 1.807) is 12.1 Å². The molecule has 0 spiro atoms. The van der Waals surface area contributed by atoms with Gasteiger partial charge in [-0.25, -0.2) is 18.4 Å². The molecule has 26 heavy (non-hydrogen) atoms. The van der Waals surface area contributed by atoms with Crippen LogP contribution in [0.4, 0.5) is 0 Å². The van der Waals surface area contributed by atoms with Gasteiger partial charge in [-0.1, -0.05) is 29.8 Å². The predicted octanol–water partition coefficient (Wildman–Crippen LogP) is 2.39. The fourth-order valence-corrected chi connectivity index (χ4v) is 2.79. The molecule has 8 nitrogen and oxygen atoms in total. The van der Waals surface area contributed by atoms with Gasteiger partial charge in [0.15, 0.2) is 6.61 Å². The lowest BCUT2D eigenvalue weighted by Crippen LogP contribution is -2.14. The van der Waals surface area contributed by atoms with Gasteiger partial charge >= 0.3 is 5.97 Å². The summed E-state index contributed by atoms with van der Waals surface area (Å²) >= 11 is 5.92. The van der Waals surface area contributed by atoms with Crippen LogP contribution in [0.2, 0.25) is 5.02 Å². The van der Waals surface area contributed by atoms with Gasteiger partial charge < -0.3 is 9.15 Å². The SMILES string of the molecule is NS(=O)(=O)c1ccc(Cl)c(C(=O)OCc2nnc(-c3ccccc3)o2)c1. The van der Waals surface area contributed by atoms with Crippen LogP contribution >= 0.6 is 11.6 Å². The minimum atomic E-state index is -3.98. The first kappa shape index (κ1) is 18.1. The molecule has 0 amide bonds. The third-order valence-electron chi connectivity index (χ3n) is 3.30. The fraction of sp³-hybridized carbons (Fsp3) is 0.0625. The number of carbonyl (C=O) groups excluding carboxylic acids is 1. The Balaban J connectivity index is 1.73. The molecule has 1 heterocycles. The molecule has 0 aliphatic rings. The molecule has 0 aliphatic heterocycles. The van der Waals surface area contributed by atoms with Crippen LogP contribution < -0.4 is 5.14 Å². The molecule has 0 unspecified atom stereocenters. The first-order chi connectivity index (χ1) is 12.3. The van der Waals surface area contributed by atoms with Crippen molar-refractivity contribution in [2.75, 3.05) is 0 Å². The third kappa shape index (κ3) is 4.07. The number of nitrogens with two attached hydrogens (primary N) is 1. The number of sulfonamides is 1. The van der Waals surface area contributed by atoms with Crippen molar-refractivity contribution < 1.29 is 22.4 Å². The first-order valence-corrected chi connectivity index (χ1v) is 9.14. The maximum Gasteiger partial charge on any atom is 0.340 e. The van der Waals surface area contributed by atoms with Gasteiger partial charge in [-0.3, -0.25) is 0 Å². The van der Waals surface area contributed by atoms with Crippen LogP contribution in [-0.4, -0.2) is 24.6 Å². The summed E-state index contributed by atoms with van der Waals surface area (Å²) in [6.45, 7) is -0.297. The number of esters is 1. The summed E-state index contributed by atoms with van der Waals surface area (Å²) in [4.78, 5) is 11.9. The van der Waals surface area contributed by atoms with E-state index in [0.717, 1.165) is 11.6 Å². The van der Waals surface area contributed by atoms with E-state index in [2.05, 4.69) is 10.2 Å². The Morgan fingerprint density at radius 2 is 1.88 bits per heavy atom. The first-order valence-electron chi connectivity index (χ1n) is 7.22. The van der Waals surface area contributed by atoms with Crippen LogP contribution in [0.15, 0.2) is 57.8 Å². The Morgan fingerprint density at radius 1 is 1.15 bits per heavy atom. The van der Waals surface area contributed by atoms with Gasteiger partial charge in [0, 0.05) is 5.56 Å². The van der Waals surface area contributed by atoms with Crippen molar-refractivity contribution >= 4 is 27.6 Å². The Bertz CT molecular complexity index is 1050. The van der Waals surface area contributed by atoms with Gasteiger partial charge in [0.05, 0.1) is 15.5 Å². The molecule has 0 bridgehead atoms. The maximum absolute atomic E-state index is 12.2. The molecule has 0 atom stereocenters. The van der Waals surface area contributed by atoms with E-state index >= 15 is 0 Å². The number of primary sulfonamides is 1. The molecule has 0 saturated carbocycles. The summed E-state index contributed by atoms with van der Waals surface area (Å²) in [6.07, 6.45) is 0. The molecule has 0 saturated heterocycles. The number of aromatic nitrogens is 2. The van der Waals surface area contributed by atoms with E-state index in [4.69, 9.17) is 25.9 Å². The number of rotatable bonds is 5. The van der Waals surface area contributed by atoms with Crippen molar-refractivity contribution in [3.8, 4) is 11.5 Å². The van der Waals surface area contributed by atoms with E-state index in [9.17, 15) is 13.2 Å². The Hall–Kier alpha value is -2.75. The average molecular weight is 394 g/mol. The van der Waals surface area contributed by atoms with Gasteiger partial charge in [0.1, 0.15) is 0 Å². The largest absolute Gasteiger partial charge is 0.452 e. The minimum Gasteiger partial charge on any atom is -0.452 e. The highest BCUT2D eigenvalue weighted by Gasteiger charge is 2.18. The average Bonchev–Trinajstić information content (AvgIpc) is 3.09. The molecule has 3 rings (SSSR count). The van der Waals surface area contributed by atoms with Crippen LogP contribution in [0.25, 0.3) is 11.5 Å². The third-order valence-corrected chi connectivity index (χ3v) is 4.54. The molecule has 0 fully saturated rings. The standard InChI is InChI=1S/C16H12ClN3O5S/c17-13-7-6-11(26(18,22)23)8-12(13)16(21)24-9-14-19-20-15(25-14)10-4-2-1-3-5-10/h1-8H,9H2,(H2,18,22,23). The number of halogens is 1. The van der Waals surface area contributed by atoms with E-state index in [0.29, 0.717) is 0 Å². The van der Waals surface area contributed by atoms with Gasteiger partial charge in [0.25, 0.3) is 5.89 Å². The van der Waals surface area contributed by atoms with Crippen molar-refractivity contribution in [3.63, 3.8) is 0 Å². The number of ether oxygens (including phenoxy) is 1. The van der Waals surface area contributed by atoms with Crippen molar-refractivity contribution in [1.29, 1.82) is 0 Å². The number of nitrogens with zero attached hydrogens (tertiary/aromatic N) is 2. The number of hydrogen-bond acceptors (Lipinski definition) is 7. The Labute approximate surface area is 153 Å². The van der Waals surface area contributed by atoms with Crippen molar-refractivity contribution in [3.05, 3.63) is 65.0 Å². The monoisotopic (exact) mass is 393 g/mol. The molecular weight excluding hydrogens is 382 g/mol. The van der Waals surface area contributed by atoms with Crippen molar-refractivity contribution in [2.24, 2.45) is 5.14 Å². The predicted molar refractivity (Wildman–Crippen MR) is 91.7 cm³/mol. The van der Waals surface area contributed by atoms with Gasteiger partial charge in [-0.2, -0.15) is 0 Å². The fourth-order valence-electron chi connectivity index (χ4n) is 2.05. The normalized spacial score (nSPS) is 11.3. The summed E-state index contributed by atoms with van der Waals surface area (Å²) in [6, 6.07) is 12.6. The molecule has 3 aromatic rings. The zero-order chi connectivity index (χ0) is 18.7. The van der Waals surface area contributed by atoms with Gasteiger partial charge in [-0.05, 0) is 30.3 Å². The number of benzene rings is 2. The molecule has 0 aliphatic carbocycles. The quantitative estimate of drug-likeness (QED) is 0.659. The molecule has 1 aromatic heterocycles. The summed E-state index contributed by atoms with van der Waals surface area (Å²) < 4.78 is 33.2. The summed E-state index contributed by atoms with van der Waals surface area (Å²) in [5.74, 6) is -0.484. The minimum absolute atomic E-state index is 0.0258. The highest BCUT2D eigenvalue weighted by molar-refractivity contribution is 7.89. The van der Waals surface area contributed by atoms with E-state index in [1.165, 1.54) is 12.1 Å². The van der Waals surface area contributed by atoms with Crippen LogP contribution in [0.3, 0.4) is 0 Å². The van der Waals surface area contributed by atoms with Crippen LogP contribution in [-0.2, 0) is 21.4 Å². The van der Waals surface area contributed by atoms with Crippen LogP contribution in [0, 0.1) is 0 Å². The van der Waals surface area contributed by atoms with Crippen LogP contribution in [0.5, 0.6) is 0 Å². The van der Waals surface area contributed by atoms with E-state index in [1.807, 2.05) is 18.2 Å². The van der Waals surface area contributed by atoms with E-state index in [-0.39, 0.29) is 33.9 Å². The lowest BCUT2D eigenvalue weighted by atomic mass is 10.2. The maximum atomic E-state index is 12.2. The smallest absolute Gasteiger partial charge is 0.340 e. The zero-order valence-corrected chi connectivity index (χ0v) is 14.7. The van der Waals surface area contributed by atoms with Crippen LogP contribution in [0.1, 0.15) is 16.2 Å². The second-order valence-electron chi connectivity index (χ2n) is 5.13. The Kier molecular flexibility index (Phi) is 5.03. The summed E-state index contributed by atoms with van der Waals surface area (Å²) in [7, 11) is -3.98. The highest BCUT2D eigenvalue weighted by Crippen LogP contribution is 2.22. The molecular formula is C16H12ClN3O5S. The molecule has 0 radical (unpaired) electrons. The Morgan fingerprint density at radius 3 is 2.58 bits per heavy atom. The molecule has 2 N–H and O–H groups in total. The summed E-state index contributed by atoms with van der Waals surface area (Å²) in [5.41, 5.74) is 0.586. The highest BCUT2D eigenvalue weighted by atomic mass is 35.5. The van der Waals surface area contributed by atoms with Gasteiger partial charge in [-0.15, -0.1) is 10.2 Å². The topological polar surface area (TPSA) is 125 Å². The van der Waals surface area contributed by atoms with Gasteiger partial charge in [0.2, 0.25) is 15.9 Å². The lowest BCUT2D eigenvalue weighted by molar-refractivity contribution is 0.0438. The summed E-state index contributed by atoms with van der Waals surface area (Å²) in [5, 5.41) is 12.7. The second kappa shape index (κ2) is 7.24. The number of carbonyl (C=O) groups is 1.